The third-order valence-electron chi connectivity index (χ3n) is 2.21. The van der Waals surface area contributed by atoms with E-state index in [0.717, 1.165) is 9.90 Å². The third-order valence-corrected chi connectivity index (χ3v) is 3.80. The SMILES string of the molecule is CSc1ncccc1C(=O)NCc1cccs1. The van der Waals surface area contributed by atoms with Gasteiger partial charge in [0, 0.05) is 11.1 Å². The van der Waals surface area contributed by atoms with E-state index in [9.17, 15) is 4.79 Å². The minimum Gasteiger partial charge on any atom is -0.347 e. The number of amides is 1. The van der Waals surface area contributed by atoms with Crippen LogP contribution < -0.4 is 5.32 Å². The highest BCUT2D eigenvalue weighted by molar-refractivity contribution is 7.98. The molecule has 1 amide bonds. The average molecular weight is 264 g/mol. The number of thiophene rings is 1. The first-order valence-corrected chi connectivity index (χ1v) is 7.21. The smallest absolute Gasteiger partial charge is 0.254 e. The van der Waals surface area contributed by atoms with Gasteiger partial charge in [-0.2, -0.15) is 0 Å². The van der Waals surface area contributed by atoms with Crippen molar-refractivity contribution in [3.63, 3.8) is 0 Å². The van der Waals surface area contributed by atoms with Crippen LogP contribution in [-0.4, -0.2) is 17.1 Å². The largest absolute Gasteiger partial charge is 0.347 e. The molecule has 2 aromatic rings. The highest BCUT2D eigenvalue weighted by Gasteiger charge is 2.10. The average Bonchev–Trinajstić information content (AvgIpc) is 2.89. The van der Waals surface area contributed by atoms with E-state index in [-0.39, 0.29) is 5.91 Å². The fourth-order valence-electron chi connectivity index (χ4n) is 1.40. The molecule has 0 aliphatic rings. The maximum atomic E-state index is 12.0. The number of rotatable bonds is 4. The topological polar surface area (TPSA) is 42.0 Å². The fraction of sp³-hybridized carbons (Fsp3) is 0.167. The molecular formula is C12H12N2OS2. The molecule has 0 atom stereocenters. The number of nitrogens with zero attached hydrogens (tertiary/aromatic N) is 1. The van der Waals surface area contributed by atoms with Crippen LogP contribution in [0, 0.1) is 0 Å². The van der Waals surface area contributed by atoms with Gasteiger partial charge in [-0.1, -0.05) is 6.07 Å². The first-order chi connectivity index (χ1) is 8.31. The van der Waals surface area contributed by atoms with Gasteiger partial charge in [-0.3, -0.25) is 4.79 Å². The van der Waals surface area contributed by atoms with Crippen molar-refractivity contribution < 1.29 is 4.79 Å². The van der Waals surface area contributed by atoms with Crippen molar-refractivity contribution in [1.82, 2.24) is 10.3 Å². The molecule has 0 aliphatic heterocycles. The number of hydrogen-bond acceptors (Lipinski definition) is 4. The van der Waals surface area contributed by atoms with E-state index < -0.39 is 0 Å². The lowest BCUT2D eigenvalue weighted by Crippen LogP contribution is -2.23. The number of thioether (sulfide) groups is 1. The van der Waals surface area contributed by atoms with Crippen LogP contribution in [0.3, 0.4) is 0 Å². The van der Waals surface area contributed by atoms with Gasteiger partial charge < -0.3 is 5.32 Å². The van der Waals surface area contributed by atoms with E-state index >= 15 is 0 Å². The van der Waals surface area contributed by atoms with E-state index in [0.29, 0.717) is 12.1 Å². The predicted octanol–water partition coefficient (Wildman–Crippen LogP) is 2.80. The molecule has 0 radical (unpaired) electrons. The fourth-order valence-corrected chi connectivity index (χ4v) is 2.59. The number of carbonyl (C=O) groups is 1. The van der Waals surface area contributed by atoms with Crippen molar-refractivity contribution in [2.75, 3.05) is 6.26 Å². The van der Waals surface area contributed by atoms with Gasteiger partial charge in [0.2, 0.25) is 0 Å². The molecule has 0 saturated heterocycles. The predicted molar refractivity (Wildman–Crippen MR) is 71.5 cm³/mol. The summed E-state index contributed by atoms with van der Waals surface area (Å²) in [5.74, 6) is -0.0733. The summed E-state index contributed by atoms with van der Waals surface area (Å²) in [6, 6.07) is 7.55. The summed E-state index contributed by atoms with van der Waals surface area (Å²) in [5.41, 5.74) is 0.636. The van der Waals surface area contributed by atoms with Gasteiger partial charge in [0.15, 0.2) is 0 Å². The maximum Gasteiger partial charge on any atom is 0.254 e. The molecule has 0 unspecified atom stereocenters. The van der Waals surface area contributed by atoms with Crippen molar-refractivity contribution in [2.24, 2.45) is 0 Å². The lowest BCUT2D eigenvalue weighted by molar-refractivity contribution is 0.0947. The van der Waals surface area contributed by atoms with Crippen LogP contribution >= 0.6 is 23.1 Å². The normalized spacial score (nSPS) is 10.2. The van der Waals surface area contributed by atoms with Gasteiger partial charge in [0.05, 0.1) is 12.1 Å². The molecular weight excluding hydrogens is 252 g/mol. The molecule has 0 spiro atoms. The lowest BCUT2D eigenvalue weighted by atomic mass is 10.2. The summed E-state index contributed by atoms with van der Waals surface area (Å²) >= 11 is 3.11. The molecule has 17 heavy (non-hydrogen) atoms. The van der Waals surface area contributed by atoms with E-state index in [2.05, 4.69) is 10.3 Å². The molecule has 88 valence electrons. The highest BCUT2D eigenvalue weighted by atomic mass is 32.2. The minimum atomic E-state index is -0.0733. The summed E-state index contributed by atoms with van der Waals surface area (Å²) in [5, 5.41) is 5.65. The van der Waals surface area contributed by atoms with Gasteiger partial charge >= 0.3 is 0 Å². The van der Waals surface area contributed by atoms with E-state index in [4.69, 9.17) is 0 Å². The molecule has 2 heterocycles. The Morgan fingerprint density at radius 2 is 2.35 bits per heavy atom. The van der Waals surface area contributed by atoms with E-state index in [1.165, 1.54) is 11.8 Å². The zero-order valence-electron chi connectivity index (χ0n) is 9.34. The van der Waals surface area contributed by atoms with Gasteiger partial charge in [-0.15, -0.1) is 23.1 Å². The molecule has 2 aromatic heterocycles. The first kappa shape index (κ1) is 12.1. The second-order valence-electron chi connectivity index (χ2n) is 3.32. The van der Waals surface area contributed by atoms with Crippen LogP contribution in [0.1, 0.15) is 15.2 Å². The zero-order chi connectivity index (χ0) is 12.1. The summed E-state index contributed by atoms with van der Waals surface area (Å²) in [6.45, 7) is 0.569. The van der Waals surface area contributed by atoms with Crippen LogP contribution in [-0.2, 0) is 6.54 Å². The molecule has 0 bridgehead atoms. The van der Waals surface area contributed by atoms with Crippen molar-refractivity contribution in [2.45, 2.75) is 11.6 Å². The van der Waals surface area contributed by atoms with Crippen LogP contribution in [0.15, 0.2) is 40.9 Å². The van der Waals surface area contributed by atoms with Crippen molar-refractivity contribution >= 4 is 29.0 Å². The number of carbonyl (C=O) groups excluding carboxylic acids is 1. The van der Waals surface area contributed by atoms with Crippen molar-refractivity contribution in [1.29, 1.82) is 0 Å². The summed E-state index contributed by atoms with van der Waals surface area (Å²) in [6.07, 6.45) is 3.61. The van der Waals surface area contributed by atoms with Crippen molar-refractivity contribution in [3.8, 4) is 0 Å². The standard InChI is InChI=1S/C12H12N2OS2/c1-16-12-10(5-2-6-13-12)11(15)14-8-9-4-3-7-17-9/h2-7H,8H2,1H3,(H,14,15). The zero-order valence-corrected chi connectivity index (χ0v) is 11.0. The van der Waals surface area contributed by atoms with Gasteiger partial charge in [-0.05, 0) is 29.8 Å². The van der Waals surface area contributed by atoms with Gasteiger partial charge in [0.1, 0.15) is 5.03 Å². The van der Waals surface area contributed by atoms with E-state index in [1.54, 1.807) is 29.7 Å². The number of pyridine rings is 1. The molecule has 2 rings (SSSR count). The second kappa shape index (κ2) is 5.84. The quantitative estimate of drug-likeness (QED) is 0.863. The van der Waals surface area contributed by atoms with Crippen LogP contribution in [0.4, 0.5) is 0 Å². The van der Waals surface area contributed by atoms with E-state index in [1.807, 2.05) is 23.8 Å². The number of aromatic nitrogens is 1. The number of hydrogen-bond donors (Lipinski definition) is 1. The Kier molecular flexibility index (Phi) is 4.17. The molecule has 5 heteroatoms. The first-order valence-electron chi connectivity index (χ1n) is 5.11. The van der Waals surface area contributed by atoms with Gasteiger partial charge in [-0.25, -0.2) is 4.98 Å². The Morgan fingerprint density at radius 3 is 3.06 bits per heavy atom. The molecule has 0 aromatic carbocycles. The Labute approximate surface area is 108 Å². The summed E-state index contributed by atoms with van der Waals surface area (Å²) in [7, 11) is 0. The minimum absolute atomic E-state index is 0.0733. The molecule has 3 nitrogen and oxygen atoms in total. The van der Waals surface area contributed by atoms with Crippen LogP contribution in [0.5, 0.6) is 0 Å². The second-order valence-corrected chi connectivity index (χ2v) is 5.15. The van der Waals surface area contributed by atoms with Gasteiger partial charge in [0.25, 0.3) is 5.91 Å². The number of nitrogens with one attached hydrogen (secondary N) is 1. The molecule has 0 aliphatic carbocycles. The molecule has 1 N–H and O–H groups in total. The monoisotopic (exact) mass is 264 g/mol. The molecule has 0 fully saturated rings. The Balaban J connectivity index is 2.04. The Bertz CT molecular complexity index is 497. The Hall–Kier alpha value is -1.33. The maximum absolute atomic E-state index is 12.0. The lowest BCUT2D eigenvalue weighted by Gasteiger charge is -2.06. The van der Waals surface area contributed by atoms with Crippen LogP contribution in [0.25, 0.3) is 0 Å². The van der Waals surface area contributed by atoms with Crippen molar-refractivity contribution in [3.05, 3.63) is 46.3 Å². The summed E-state index contributed by atoms with van der Waals surface area (Å²) < 4.78 is 0. The van der Waals surface area contributed by atoms with Crippen LogP contribution in [0.2, 0.25) is 0 Å². The highest BCUT2D eigenvalue weighted by Crippen LogP contribution is 2.17. The Morgan fingerprint density at radius 1 is 1.47 bits per heavy atom. The third kappa shape index (κ3) is 3.08. The molecule has 0 saturated carbocycles. The summed E-state index contributed by atoms with van der Waals surface area (Å²) in [4.78, 5) is 17.3.